The van der Waals surface area contributed by atoms with E-state index in [1.54, 1.807) is 18.2 Å². The topological polar surface area (TPSA) is 81.4 Å². The highest BCUT2D eigenvalue weighted by Crippen LogP contribution is 2.15. The van der Waals surface area contributed by atoms with Crippen molar-refractivity contribution in [1.29, 1.82) is 0 Å². The third-order valence-electron chi connectivity index (χ3n) is 3.98. The van der Waals surface area contributed by atoms with Crippen LogP contribution >= 0.6 is 0 Å². The van der Waals surface area contributed by atoms with Gasteiger partial charge in [0.2, 0.25) is 0 Å². The van der Waals surface area contributed by atoms with Crippen molar-refractivity contribution in [2.45, 2.75) is 0 Å². The molecule has 1 fully saturated rings. The van der Waals surface area contributed by atoms with Crippen LogP contribution < -0.4 is 16.0 Å². The lowest BCUT2D eigenvalue weighted by Gasteiger charge is -2.32. The molecule has 7 heteroatoms. The second-order valence-corrected chi connectivity index (χ2v) is 5.61. The summed E-state index contributed by atoms with van der Waals surface area (Å²) in [6.45, 7) is 5.72. The normalized spacial score (nSPS) is 17.0. The van der Waals surface area contributed by atoms with Crippen LogP contribution in [0.4, 0.5) is 0 Å². The largest absolute Gasteiger partial charge is 0.492 e. The molecule has 2 heterocycles. The van der Waals surface area contributed by atoms with E-state index in [-0.39, 0.29) is 0 Å². The summed E-state index contributed by atoms with van der Waals surface area (Å²) in [4.78, 5) is 32.5. The number of fused-ring (bicyclic) bond motifs is 1. The third kappa shape index (κ3) is 3.37. The maximum Gasteiger partial charge on any atom is 0.326 e. The molecule has 118 valence electrons. The first kappa shape index (κ1) is 14.8. The first-order chi connectivity index (χ1) is 10.6. The van der Waals surface area contributed by atoms with Crippen molar-refractivity contribution in [2.24, 2.45) is 0 Å². The monoisotopic (exact) mass is 304 g/mol. The molecule has 7 nitrogen and oxygen atoms in total. The van der Waals surface area contributed by atoms with E-state index in [9.17, 15) is 9.59 Å². The van der Waals surface area contributed by atoms with Crippen LogP contribution in [-0.4, -0.2) is 66.1 Å². The van der Waals surface area contributed by atoms with Crippen molar-refractivity contribution < 1.29 is 4.74 Å². The minimum atomic E-state index is -0.499. The van der Waals surface area contributed by atoms with Gasteiger partial charge in [0, 0.05) is 32.7 Å². The molecule has 0 radical (unpaired) electrons. The van der Waals surface area contributed by atoms with Crippen molar-refractivity contribution in [1.82, 2.24) is 19.8 Å². The number of ether oxygens (including phenoxy) is 1. The summed E-state index contributed by atoms with van der Waals surface area (Å²) in [5.74, 6) is 0.638. The molecule has 22 heavy (non-hydrogen) atoms. The number of hydrogen-bond acceptors (Lipinski definition) is 5. The zero-order valence-corrected chi connectivity index (χ0v) is 12.6. The fraction of sp³-hybridized carbons (Fsp3) is 0.467. The van der Waals surface area contributed by atoms with Crippen LogP contribution in [-0.2, 0) is 0 Å². The number of piperazine rings is 1. The Morgan fingerprint density at radius 3 is 2.68 bits per heavy atom. The highest BCUT2D eigenvalue weighted by atomic mass is 16.5. The zero-order valence-electron chi connectivity index (χ0n) is 12.6. The van der Waals surface area contributed by atoms with Gasteiger partial charge in [-0.3, -0.25) is 14.7 Å². The lowest BCUT2D eigenvalue weighted by molar-refractivity contribution is 0.134. The molecule has 1 aromatic heterocycles. The quantitative estimate of drug-likeness (QED) is 0.820. The Morgan fingerprint density at radius 1 is 1.14 bits per heavy atom. The van der Waals surface area contributed by atoms with Crippen LogP contribution in [0.3, 0.4) is 0 Å². The Balaban J connectivity index is 1.62. The molecule has 3 rings (SSSR count). The Hall–Kier alpha value is -2.12. The maximum atomic E-state index is 11.8. The summed E-state index contributed by atoms with van der Waals surface area (Å²) >= 11 is 0. The summed E-state index contributed by atoms with van der Waals surface area (Å²) in [7, 11) is 2.13. The van der Waals surface area contributed by atoms with E-state index in [1.807, 2.05) is 0 Å². The number of aromatic amines is 2. The second kappa shape index (κ2) is 6.33. The van der Waals surface area contributed by atoms with E-state index in [0.717, 1.165) is 32.7 Å². The van der Waals surface area contributed by atoms with Crippen LogP contribution in [0.25, 0.3) is 10.9 Å². The summed E-state index contributed by atoms with van der Waals surface area (Å²) in [6, 6.07) is 5.12. The number of nitrogens with zero attached hydrogens (tertiary/aromatic N) is 2. The van der Waals surface area contributed by atoms with Gasteiger partial charge in [-0.1, -0.05) is 0 Å². The average molecular weight is 304 g/mol. The maximum absolute atomic E-state index is 11.8. The van der Waals surface area contributed by atoms with Crippen LogP contribution in [0.1, 0.15) is 0 Å². The number of hydrogen-bond donors (Lipinski definition) is 2. The second-order valence-electron chi connectivity index (χ2n) is 5.61. The fourth-order valence-electron chi connectivity index (χ4n) is 2.60. The molecule has 2 aromatic rings. The van der Waals surface area contributed by atoms with Gasteiger partial charge in [-0.25, -0.2) is 4.79 Å². The minimum Gasteiger partial charge on any atom is -0.492 e. The molecule has 0 spiro atoms. The minimum absolute atomic E-state index is 0.400. The number of nitrogens with one attached hydrogen (secondary N) is 2. The molecule has 1 aliphatic rings. The van der Waals surface area contributed by atoms with Crippen molar-refractivity contribution in [3.63, 3.8) is 0 Å². The predicted octanol–water partition coefficient (Wildman–Crippen LogP) is -0.157. The van der Waals surface area contributed by atoms with Crippen LogP contribution in [0.15, 0.2) is 27.8 Å². The molecule has 0 saturated carbocycles. The van der Waals surface area contributed by atoms with E-state index in [1.165, 1.54) is 0 Å². The van der Waals surface area contributed by atoms with Gasteiger partial charge in [-0.2, -0.15) is 0 Å². The van der Waals surface area contributed by atoms with Gasteiger partial charge in [-0.15, -0.1) is 0 Å². The molecule has 0 bridgehead atoms. The summed E-state index contributed by atoms with van der Waals surface area (Å²) < 4.78 is 5.73. The Morgan fingerprint density at radius 2 is 1.91 bits per heavy atom. The van der Waals surface area contributed by atoms with Gasteiger partial charge in [-0.05, 0) is 25.2 Å². The van der Waals surface area contributed by atoms with Gasteiger partial charge in [0.25, 0.3) is 5.56 Å². The van der Waals surface area contributed by atoms with Gasteiger partial charge in [0.05, 0.1) is 10.9 Å². The highest BCUT2D eigenvalue weighted by Gasteiger charge is 2.13. The number of aromatic nitrogens is 2. The number of benzene rings is 1. The average Bonchev–Trinajstić information content (AvgIpc) is 2.50. The lowest BCUT2D eigenvalue weighted by Crippen LogP contribution is -2.45. The standard InChI is InChI=1S/C15H20N4O3/c1-18-4-6-19(7-5-18)8-9-22-11-2-3-13-12(10-11)14(20)17-15(21)16-13/h2-3,10H,4-9H2,1H3,(H2,16,17,20,21). The molecule has 2 N–H and O–H groups in total. The van der Waals surface area contributed by atoms with Gasteiger partial charge >= 0.3 is 5.69 Å². The molecule has 0 unspecified atom stereocenters. The van der Waals surface area contributed by atoms with E-state index < -0.39 is 11.2 Å². The molecular formula is C15H20N4O3. The van der Waals surface area contributed by atoms with E-state index >= 15 is 0 Å². The van der Waals surface area contributed by atoms with E-state index in [0.29, 0.717) is 23.3 Å². The SMILES string of the molecule is CN1CCN(CCOc2ccc3[nH]c(=O)[nH]c(=O)c3c2)CC1. The first-order valence-corrected chi connectivity index (χ1v) is 7.42. The van der Waals surface area contributed by atoms with Crippen molar-refractivity contribution in [3.05, 3.63) is 39.0 Å². The van der Waals surface area contributed by atoms with Crippen molar-refractivity contribution in [2.75, 3.05) is 46.4 Å². The lowest BCUT2D eigenvalue weighted by atomic mass is 10.2. The Bertz CT molecular complexity index is 759. The van der Waals surface area contributed by atoms with Crippen LogP contribution in [0.2, 0.25) is 0 Å². The molecule has 0 amide bonds. The molecular weight excluding hydrogens is 284 g/mol. The van der Waals surface area contributed by atoms with Crippen molar-refractivity contribution >= 4 is 10.9 Å². The molecule has 0 aliphatic carbocycles. The predicted molar refractivity (Wildman–Crippen MR) is 84.6 cm³/mol. The van der Waals surface area contributed by atoms with E-state index in [4.69, 9.17) is 4.74 Å². The number of H-pyrrole nitrogens is 2. The first-order valence-electron chi connectivity index (χ1n) is 7.42. The summed E-state index contributed by atoms with van der Waals surface area (Å²) in [5, 5.41) is 0.427. The number of likely N-dealkylation sites (N-methyl/N-ethyl adjacent to an activating group) is 1. The van der Waals surface area contributed by atoms with Crippen LogP contribution in [0.5, 0.6) is 5.75 Å². The molecule has 1 saturated heterocycles. The Kier molecular flexibility index (Phi) is 4.26. The van der Waals surface area contributed by atoms with Crippen LogP contribution in [0, 0.1) is 0 Å². The molecule has 0 atom stereocenters. The summed E-state index contributed by atoms with van der Waals surface area (Å²) in [5.41, 5.74) is -0.385. The third-order valence-corrected chi connectivity index (χ3v) is 3.98. The molecule has 1 aromatic carbocycles. The van der Waals surface area contributed by atoms with Gasteiger partial charge < -0.3 is 14.6 Å². The molecule has 1 aliphatic heterocycles. The van der Waals surface area contributed by atoms with E-state index in [2.05, 4.69) is 26.8 Å². The summed E-state index contributed by atoms with van der Waals surface area (Å²) in [6.07, 6.45) is 0. The fourth-order valence-corrected chi connectivity index (χ4v) is 2.60. The van der Waals surface area contributed by atoms with Gasteiger partial charge in [0.15, 0.2) is 0 Å². The number of rotatable bonds is 4. The zero-order chi connectivity index (χ0) is 15.5. The van der Waals surface area contributed by atoms with Gasteiger partial charge in [0.1, 0.15) is 12.4 Å². The highest BCUT2D eigenvalue weighted by molar-refractivity contribution is 5.78. The Labute approximate surface area is 127 Å². The smallest absolute Gasteiger partial charge is 0.326 e. The van der Waals surface area contributed by atoms with Crippen molar-refractivity contribution in [3.8, 4) is 5.75 Å².